The van der Waals surface area contributed by atoms with E-state index in [1.54, 1.807) is 0 Å². The summed E-state index contributed by atoms with van der Waals surface area (Å²) in [4.78, 5) is 36.5. The van der Waals surface area contributed by atoms with E-state index >= 15 is 0 Å². The van der Waals surface area contributed by atoms with Gasteiger partial charge in [-0.15, -0.1) is 0 Å². The Balaban J connectivity index is 4.33. The minimum Gasteiger partial charge on any atom is -0.477 e. The number of rotatable bonds is 31. The summed E-state index contributed by atoms with van der Waals surface area (Å²) in [6.07, 6.45) is 30.7. The number of nitrogens with zero attached hydrogens (tertiary/aromatic N) is 1. The van der Waals surface area contributed by atoms with Gasteiger partial charge in [-0.2, -0.15) is 0 Å². The van der Waals surface area contributed by atoms with E-state index in [4.69, 9.17) is 14.2 Å². The van der Waals surface area contributed by atoms with Gasteiger partial charge < -0.3 is 23.8 Å². The average molecular weight is 651 g/mol. The number of unbranched alkanes of at least 4 members (excludes halogenated alkanes) is 11. The number of aliphatic carboxylic acids is 1. The highest BCUT2D eigenvalue weighted by molar-refractivity contribution is 5.72. The second kappa shape index (κ2) is 29.9. The van der Waals surface area contributed by atoms with Crippen molar-refractivity contribution in [2.75, 3.05) is 41.0 Å². The van der Waals surface area contributed by atoms with E-state index in [1.165, 1.54) is 25.7 Å². The van der Waals surface area contributed by atoms with Crippen LogP contribution in [-0.2, 0) is 28.6 Å². The maximum absolute atomic E-state index is 12.6. The lowest BCUT2D eigenvalue weighted by Gasteiger charge is -2.31. The first-order chi connectivity index (χ1) is 22.1. The van der Waals surface area contributed by atoms with Crippen molar-refractivity contribution in [2.45, 2.75) is 148 Å². The lowest BCUT2D eigenvalue weighted by atomic mass is 10.1. The molecule has 2 unspecified atom stereocenters. The monoisotopic (exact) mass is 650 g/mol. The standard InChI is InChI=1S/C38H67NO7/c1-6-8-10-12-13-14-15-16-17-18-19-20-21-22-23-25-27-29-37(41)46-34(33-45-36(40)28-26-24-11-9-7-2)32-44-31-30-35(38(42)43)39(3,4)5/h8,10,13-14,16-17,34-35H,6-7,9,11-12,15,18-33H2,1-5H3/p+1/b10-8-,14-13-,17-16-. The normalized spacial score (nSPS) is 13.5. The molecule has 0 amide bonds. The second-order valence-electron chi connectivity index (χ2n) is 13.1. The predicted octanol–water partition coefficient (Wildman–Crippen LogP) is 8.74. The Morgan fingerprint density at radius 2 is 1.22 bits per heavy atom. The predicted molar refractivity (Wildman–Crippen MR) is 188 cm³/mol. The number of likely N-dealkylation sites (N-methyl/N-ethyl adjacent to an activating group) is 1. The van der Waals surface area contributed by atoms with Crippen LogP contribution in [-0.4, -0.2) is 80.6 Å². The number of esters is 2. The molecule has 46 heavy (non-hydrogen) atoms. The SMILES string of the molecule is CC/C=C\C/C=C\C/C=C\CCCCCCCCCC(=O)OC(COCCC(C(=O)O)[N+](C)(C)C)COC(=O)CCCCCCC. The van der Waals surface area contributed by atoms with Crippen molar-refractivity contribution in [3.05, 3.63) is 36.5 Å². The number of hydrogen-bond donors (Lipinski definition) is 1. The Kier molecular flexibility index (Phi) is 28.3. The van der Waals surface area contributed by atoms with Crippen LogP contribution in [0.2, 0.25) is 0 Å². The van der Waals surface area contributed by atoms with Crippen molar-refractivity contribution in [2.24, 2.45) is 0 Å². The molecule has 0 saturated heterocycles. The number of carbonyl (C=O) groups excluding carboxylic acids is 2. The van der Waals surface area contributed by atoms with Crippen LogP contribution < -0.4 is 0 Å². The molecule has 0 aromatic heterocycles. The van der Waals surface area contributed by atoms with Crippen molar-refractivity contribution < 1.29 is 38.2 Å². The Morgan fingerprint density at radius 3 is 1.80 bits per heavy atom. The van der Waals surface area contributed by atoms with Gasteiger partial charge in [0, 0.05) is 19.3 Å². The van der Waals surface area contributed by atoms with E-state index in [1.807, 2.05) is 21.1 Å². The van der Waals surface area contributed by atoms with E-state index in [-0.39, 0.29) is 36.2 Å². The Hall–Kier alpha value is -2.45. The van der Waals surface area contributed by atoms with Gasteiger partial charge in [0.15, 0.2) is 12.1 Å². The van der Waals surface area contributed by atoms with Gasteiger partial charge in [-0.3, -0.25) is 9.59 Å². The summed E-state index contributed by atoms with van der Waals surface area (Å²) >= 11 is 0. The molecule has 1 N–H and O–H groups in total. The molecule has 2 atom stereocenters. The molecule has 0 heterocycles. The molecule has 0 aromatic rings. The minimum atomic E-state index is -0.880. The molecule has 0 spiro atoms. The molecule has 0 aromatic carbocycles. The number of hydrogen-bond acceptors (Lipinski definition) is 6. The fourth-order valence-corrected chi connectivity index (χ4v) is 4.99. The number of ether oxygens (including phenoxy) is 3. The zero-order chi connectivity index (χ0) is 34.3. The van der Waals surface area contributed by atoms with E-state index in [2.05, 4.69) is 50.3 Å². The summed E-state index contributed by atoms with van der Waals surface area (Å²) in [6, 6.07) is -0.612. The maximum atomic E-state index is 12.6. The van der Waals surface area contributed by atoms with Gasteiger partial charge in [0.25, 0.3) is 0 Å². The summed E-state index contributed by atoms with van der Waals surface area (Å²) in [6.45, 7) is 4.51. The van der Waals surface area contributed by atoms with Crippen molar-refractivity contribution in [1.29, 1.82) is 0 Å². The molecule has 0 aliphatic heterocycles. The van der Waals surface area contributed by atoms with E-state index in [0.29, 0.717) is 19.3 Å². The van der Waals surface area contributed by atoms with E-state index in [9.17, 15) is 19.5 Å². The van der Waals surface area contributed by atoms with Crippen LogP contribution in [0.4, 0.5) is 0 Å². The summed E-state index contributed by atoms with van der Waals surface area (Å²) in [5.74, 6) is -1.50. The van der Waals surface area contributed by atoms with Crippen LogP contribution in [0.15, 0.2) is 36.5 Å². The molecular weight excluding hydrogens is 582 g/mol. The smallest absolute Gasteiger partial charge is 0.362 e. The van der Waals surface area contributed by atoms with Gasteiger partial charge in [-0.05, 0) is 44.9 Å². The van der Waals surface area contributed by atoms with Crippen LogP contribution >= 0.6 is 0 Å². The molecule has 0 bridgehead atoms. The van der Waals surface area contributed by atoms with Gasteiger partial charge >= 0.3 is 17.9 Å². The average Bonchev–Trinajstić information content (AvgIpc) is 3.00. The number of quaternary nitrogens is 1. The molecule has 0 aliphatic carbocycles. The van der Waals surface area contributed by atoms with Gasteiger partial charge in [-0.1, -0.05) is 108 Å². The lowest BCUT2D eigenvalue weighted by molar-refractivity contribution is -0.887. The van der Waals surface area contributed by atoms with Gasteiger partial charge in [0.2, 0.25) is 0 Å². The largest absolute Gasteiger partial charge is 0.477 e. The van der Waals surface area contributed by atoms with Gasteiger partial charge in [0.1, 0.15) is 6.61 Å². The van der Waals surface area contributed by atoms with Crippen molar-refractivity contribution in [3.63, 3.8) is 0 Å². The van der Waals surface area contributed by atoms with Crippen molar-refractivity contribution >= 4 is 17.9 Å². The zero-order valence-electron chi connectivity index (χ0n) is 30.0. The van der Waals surface area contributed by atoms with E-state index < -0.39 is 18.1 Å². The fraction of sp³-hybridized carbons (Fsp3) is 0.763. The summed E-state index contributed by atoms with van der Waals surface area (Å²) in [5.41, 5.74) is 0. The third-order valence-electron chi connectivity index (χ3n) is 7.80. The quantitative estimate of drug-likeness (QED) is 0.0347. The number of carbonyl (C=O) groups is 3. The summed E-state index contributed by atoms with van der Waals surface area (Å²) in [5, 5.41) is 9.54. The summed E-state index contributed by atoms with van der Waals surface area (Å²) < 4.78 is 17.0. The molecule has 8 nitrogen and oxygen atoms in total. The van der Waals surface area contributed by atoms with Gasteiger partial charge in [-0.25, -0.2) is 4.79 Å². The highest BCUT2D eigenvalue weighted by Crippen LogP contribution is 2.13. The zero-order valence-corrected chi connectivity index (χ0v) is 30.0. The van der Waals surface area contributed by atoms with Crippen molar-refractivity contribution in [1.82, 2.24) is 0 Å². The highest BCUT2D eigenvalue weighted by atomic mass is 16.6. The fourth-order valence-electron chi connectivity index (χ4n) is 4.99. The first-order valence-electron chi connectivity index (χ1n) is 18.0. The number of carboxylic acids is 1. The third-order valence-corrected chi connectivity index (χ3v) is 7.80. The molecular formula is C38H68NO7+. The molecule has 0 aliphatic rings. The molecule has 8 heteroatoms. The van der Waals surface area contributed by atoms with Crippen LogP contribution in [0, 0.1) is 0 Å². The lowest BCUT2D eigenvalue weighted by Crippen LogP contribution is -2.50. The molecule has 0 rings (SSSR count). The third kappa shape index (κ3) is 27.8. The van der Waals surface area contributed by atoms with Gasteiger partial charge in [0.05, 0.1) is 34.4 Å². The number of allylic oxidation sites excluding steroid dienone is 6. The first-order valence-corrected chi connectivity index (χ1v) is 18.0. The first kappa shape index (κ1) is 43.5. The highest BCUT2D eigenvalue weighted by Gasteiger charge is 2.31. The Bertz CT molecular complexity index is 860. The minimum absolute atomic E-state index is 0.0558. The van der Waals surface area contributed by atoms with Crippen LogP contribution in [0.5, 0.6) is 0 Å². The molecule has 266 valence electrons. The van der Waals surface area contributed by atoms with Crippen LogP contribution in [0.25, 0.3) is 0 Å². The Labute approximate surface area is 281 Å². The molecule has 0 fully saturated rings. The van der Waals surface area contributed by atoms with Crippen molar-refractivity contribution in [3.8, 4) is 0 Å². The second-order valence-corrected chi connectivity index (χ2v) is 13.1. The topological polar surface area (TPSA) is 99.1 Å². The van der Waals surface area contributed by atoms with E-state index in [0.717, 1.165) is 77.0 Å². The van der Waals surface area contributed by atoms with Crippen LogP contribution in [0.3, 0.4) is 0 Å². The maximum Gasteiger partial charge on any atom is 0.362 e. The molecule has 0 saturated carbocycles. The Morgan fingerprint density at radius 1 is 0.674 bits per heavy atom. The summed E-state index contributed by atoms with van der Waals surface area (Å²) in [7, 11) is 5.50. The number of carboxylic acid groups (broad SMARTS) is 1. The molecule has 0 radical (unpaired) electrons. The van der Waals surface area contributed by atoms with Crippen LogP contribution in [0.1, 0.15) is 136 Å².